The van der Waals surface area contributed by atoms with Crippen molar-refractivity contribution in [3.63, 3.8) is 0 Å². The zero-order valence-corrected chi connectivity index (χ0v) is 25.5. The van der Waals surface area contributed by atoms with E-state index in [0.29, 0.717) is 25.7 Å². The number of esters is 1. The lowest BCUT2D eigenvalue weighted by molar-refractivity contribution is -0.190. The van der Waals surface area contributed by atoms with Crippen LogP contribution in [0.15, 0.2) is 11.6 Å². The van der Waals surface area contributed by atoms with Gasteiger partial charge in [0.1, 0.15) is 0 Å². The van der Waals surface area contributed by atoms with Gasteiger partial charge in [0.15, 0.2) is 23.5 Å². The first kappa shape index (κ1) is 29.9. The molecular formula is C32H48O8. The third-order valence-corrected chi connectivity index (χ3v) is 11.5. The molecule has 4 fully saturated rings. The first-order valence-electron chi connectivity index (χ1n) is 15.0. The molecule has 0 unspecified atom stereocenters. The predicted octanol–water partition coefficient (Wildman–Crippen LogP) is 4.43. The monoisotopic (exact) mass is 560 g/mol. The van der Waals surface area contributed by atoms with Gasteiger partial charge in [-0.2, -0.15) is 0 Å². The fourth-order valence-electron chi connectivity index (χ4n) is 9.62. The van der Waals surface area contributed by atoms with Crippen molar-refractivity contribution in [3.05, 3.63) is 11.6 Å². The van der Waals surface area contributed by atoms with Crippen molar-refractivity contribution in [1.82, 2.24) is 0 Å². The lowest BCUT2D eigenvalue weighted by atomic mass is 9.45. The molecular weight excluding hydrogens is 512 g/mol. The number of Topliss-reactive ketones (excluding diaryl/α,β-unsaturated/α-hetero) is 1. The Hall–Kier alpha value is -1.61. The molecule has 2 N–H and O–H groups in total. The van der Waals surface area contributed by atoms with Crippen LogP contribution in [0.5, 0.6) is 0 Å². The smallest absolute Gasteiger partial charge is 0.303 e. The number of carbonyl (C=O) groups excluding carboxylic acids is 3. The fraction of sp³-hybridized carbons (Fsp3) is 0.844. The van der Waals surface area contributed by atoms with Gasteiger partial charge in [0, 0.05) is 31.1 Å². The zero-order valence-electron chi connectivity index (χ0n) is 25.5. The van der Waals surface area contributed by atoms with E-state index in [9.17, 15) is 24.6 Å². The minimum atomic E-state index is -1.21. The van der Waals surface area contributed by atoms with Gasteiger partial charge >= 0.3 is 5.97 Å². The summed E-state index contributed by atoms with van der Waals surface area (Å²) in [5.41, 5.74) is -3.16. The van der Waals surface area contributed by atoms with Crippen molar-refractivity contribution >= 4 is 17.5 Å². The first-order valence-corrected chi connectivity index (χ1v) is 15.0. The molecule has 0 spiro atoms. The average Bonchev–Trinajstić information content (AvgIpc) is 3.22. The Morgan fingerprint density at radius 2 is 1.77 bits per heavy atom. The van der Waals surface area contributed by atoms with E-state index in [-0.39, 0.29) is 42.3 Å². The van der Waals surface area contributed by atoms with Crippen LogP contribution in [-0.2, 0) is 28.6 Å². The van der Waals surface area contributed by atoms with Crippen LogP contribution in [-0.4, -0.2) is 62.5 Å². The van der Waals surface area contributed by atoms with Gasteiger partial charge in [-0.15, -0.1) is 0 Å². The minimum absolute atomic E-state index is 0.0394. The lowest BCUT2D eigenvalue weighted by Crippen LogP contribution is -2.62. The van der Waals surface area contributed by atoms with Crippen LogP contribution < -0.4 is 0 Å². The predicted molar refractivity (Wildman–Crippen MR) is 147 cm³/mol. The van der Waals surface area contributed by atoms with Crippen LogP contribution in [0.2, 0.25) is 0 Å². The number of allylic oxidation sites excluding steroid dienone is 1. The van der Waals surface area contributed by atoms with Crippen molar-refractivity contribution < 1.29 is 38.8 Å². The number of aliphatic hydroxyl groups is 2. The van der Waals surface area contributed by atoms with Crippen molar-refractivity contribution in [3.8, 4) is 0 Å². The molecule has 0 bridgehead atoms. The molecule has 8 heteroatoms. The normalized spacial score (nSPS) is 46.4. The van der Waals surface area contributed by atoms with Crippen LogP contribution in [0.4, 0.5) is 0 Å². The standard InChI is InChI=1S/C32H48O8/c1-18(33)38-24-16-21-22(34)15-20-19(29(21,6)17-23(24)35)9-13-30(7)25(10-14-32(20,30)37)31(8)26(11-12-27(2,3)36)39-28(4,5)40-31/h15,19,21,24-26,36-37H,9-14,16-17H2,1-8H3/t19-,21-,24-,25-,26+,29+,30+,31+,32+/m0/s1. The molecule has 9 atom stereocenters. The number of ether oxygens (including phenoxy) is 3. The molecule has 5 rings (SSSR count). The second-order valence-corrected chi connectivity index (χ2v) is 15.1. The summed E-state index contributed by atoms with van der Waals surface area (Å²) in [6.07, 6.45) is 4.78. The van der Waals surface area contributed by atoms with Gasteiger partial charge in [-0.05, 0) is 102 Å². The SMILES string of the molecule is CC(=O)O[C@H]1C[C@H]2C(=O)C=C3[C@H](CC[C@]4(C)[C@@H]([C@@]5(C)OC(C)(C)O[C@@H]5CCC(C)(C)O)CC[C@@]34O)[C@@]2(C)CC1=O. The topological polar surface area (TPSA) is 119 Å². The summed E-state index contributed by atoms with van der Waals surface area (Å²) in [7, 11) is 0. The number of ketones is 2. The van der Waals surface area contributed by atoms with E-state index < -0.39 is 51.4 Å². The van der Waals surface area contributed by atoms with Crippen molar-refractivity contribution in [2.75, 3.05) is 0 Å². The minimum Gasteiger partial charge on any atom is -0.455 e. The molecule has 0 amide bonds. The largest absolute Gasteiger partial charge is 0.455 e. The number of rotatable bonds is 5. The van der Waals surface area contributed by atoms with E-state index in [4.69, 9.17) is 14.2 Å². The Kier molecular flexibility index (Phi) is 6.86. The highest BCUT2D eigenvalue weighted by atomic mass is 16.8. The summed E-state index contributed by atoms with van der Waals surface area (Å²) in [4.78, 5) is 38.4. The summed E-state index contributed by atoms with van der Waals surface area (Å²) in [6, 6.07) is 0. The quantitative estimate of drug-likeness (QED) is 0.474. The van der Waals surface area contributed by atoms with Gasteiger partial charge in [-0.1, -0.05) is 13.8 Å². The maximum absolute atomic E-state index is 13.7. The lowest BCUT2D eigenvalue weighted by Gasteiger charge is -2.60. The van der Waals surface area contributed by atoms with Crippen LogP contribution in [0.1, 0.15) is 107 Å². The highest BCUT2D eigenvalue weighted by molar-refractivity contribution is 5.98. The van der Waals surface area contributed by atoms with Crippen LogP contribution in [0.3, 0.4) is 0 Å². The van der Waals surface area contributed by atoms with Gasteiger partial charge in [0.05, 0.1) is 22.9 Å². The average molecular weight is 561 g/mol. The Labute approximate surface area is 238 Å². The van der Waals surface area contributed by atoms with Gasteiger partial charge in [0.2, 0.25) is 0 Å². The molecule has 1 saturated heterocycles. The molecule has 1 heterocycles. The number of hydrogen-bond donors (Lipinski definition) is 2. The van der Waals surface area contributed by atoms with Gasteiger partial charge in [0.25, 0.3) is 0 Å². The molecule has 5 aliphatic rings. The molecule has 0 radical (unpaired) electrons. The Morgan fingerprint density at radius 3 is 2.40 bits per heavy atom. The third-order valence-electron chi connectivity index (χ3n) is 11.5. The summed E-state index contributed by atoms with van der Waals surface area (Å²) >= 11 is 0. The van der Waals surface area contributed by atoms with Crippen molar-refractivity contribution in [2.45, 2.75) is 142 Å². The van der Waals surface area contributed by atoms with E-state index in [2.05, 4.69) is 13.8 Å². The zero-order chi connectivity index (χ0) is 29.7. The Morgan fingerprint density at radius 1 is 1.10 bits per heavy atom. The van der Waals surface area contributed by atoms with Crippen LogP contribution in [0, 0.1) is 28.6 Å². The molecule has 1 aliphatic heterocycles. The molecule has 8 nitrogen and oxygen atoms in total. The van der Waals surface area contributed by atoms with Gasteiger partial charge in [-0.3, -0.25) is 14.4 Å². The Bertz CT molecular complexity index is 1130. The third kappa shape index (κ3) is 4.43. The number of carbonyl (C=O) groups is 3. The maximum atomic E-state index is 13.7. The second-order valence-electron chi connectivity index (χ2n) is 15.1. The highest BCUT2D eigenvalue weighted by Crippen LogP contribution is 2.69. The van der Waals surface area contributed by atoms with Crippen LogP contribution in [0.25, 0.3) is 0 Å². The summed E-state index contributed by atoms with van der Waals surface area (Å²) < 4.78 is 18.4. The van der Waals surface area contributed by atoms with E-state index in [1.165, 1.54) is 6.92 Å². The summed E-state index contributed by atoms with van der Waals surface area (Å²) in [5.74, 6) is -2.12. The summed E-state index contributed by atoms with van der Waals surface area (Å²) in [6.45, 7) is 15.0. The van der Waals surface area contributed by atoms with E-state index in [0.717, 1.165) is 18.4 Å². The van der Waals surface area contributed by atoms with Crippen LogP contribution >= 0.6 is 0 Å². The molecule has 0 aromatic heterocycles. The van der Waals surface area contributed by atoms with E-state index >= 15 is 0 Å². The number of fused-ring (bicyclic) bond motifs is 5. The van der Waals surface area contributed by atoms with Crippen molar-refractivity contribution in [1.29, 1.82) is 0 Å². The molecule has 40 heavy (non-hydrogen) atoms. The Balaban J connectivity index is 1.49. The molecule has 4 aliphatic carbocycles. The number of hydrogen-bond acceptors (Lipinski definition) is 8. The van der Waals surface area contributed by atoms with Gasteiger partial charge < -0.3 is 24.4 Å². The van der Waals surface area contributed by atoms with Gasteiger partial charge in [-0.25, -0.2) is 0 Å². The summed E-state index contributed by atoms with van der Waals surface area (Å²) in [5, 5.41) is 23.1. The molecule has 0 aromatic carbocycles. The van der Waals surface area contributed by atoms with E-state index in [1.54, 1.807) is 19.9 Å². The fourth-order valence-corrected chi connectivity index (χ4v) is 9.62. The van der Waals surface area contributed by atoms with Crippen molar-refractivity contribution in [2.24, 2.45) is 28.6 Å². The van der Waals surface area contributed by atoms with E-state index in [1.807, 2.05) is 20.8 Å². The first-order chi connectivity index (χ1) is 18.3. The molecule has 0 aromatic rings. The second kappa shape index (κ2) is 9.19. The maximum Gasteiger partial charge on any atom is 0.303 e. The highest BCUT2D eigenvalue weighted by Gasteiger charge is 2.71. The molecule has 3 saturated carbocycles. The molecule has 224 valence electrons.